The maximum atomic E-state index is 11.9. The molecule has 0 spiro atoms. The summed E-state index contributed by atoms with van der Waals surface area (Å²) in [6.07, 6.45) is 8.49. The molecule has 2 aromatic heterocycles. The van der Waals surface area contributed by atoms with E-state index in [1.165, 1.54) is 24.8 Å². The van der Waals surface area contributed by atoms with Gasteiger partial charge in [0.1, 0.15) is 5.82 Å². The van der Waals surface area contributed by atoms with Gasteiger partial charge < -0.3 is 16.0 Å². The molecule has 0 saturated heterocycles. The van der Waals surface area contributed by atoms with Crippen LogP contribution in [-0.4, -0.2) is 33.9 Å². The minimum atomic E-state index is 0.214. The van der Waals surface area contributed by atoms with Crippen molar-refractivity contribution in [3.8, 4) is 0 Å². The van der Waals surface area contributed by atoms with Crippen LogP contribution in [0.2, 0.25) is 0 Å². The number of carbonyl (C=O) groups is 1. The van der Waals surface area contributed by atoms with Crippen molar-refractivity contribution in [2.45, 2.75) is 44.4 Å². The van der Waals surface area contributed by atoms with Crippen LogP contribution in [0.15, 0.2) is 29.9 Å². The van der Waals surface area contributed by atoms with Crippen molar-refractivity contribution in [2.24, 2.45) is 5.92 Å². The third-order valence-corrected chi connectivity index (χ3v) is 6.63. The minimum Gasteiger partial charge on any atom is -0.370 e. The number of hydrogen-bond acceptors (Lipinski definition) is 7. The number of carbonyl (C=O) groups excluding carboxylic acids is 1. The highest BCUT2D eigenvalue weighted by molar-refractivity contribution is 7.16. The fourth-order valence-corrected chi connectivity index (χ4v) is 4.39. The number of nitrogens with zero attached hydrogens (tertiary/aromatic N) is 3. The van der Waals surface area contributed by atoms with E-state index in [2.05, 4.69) is 32.0 Å². The van der Waals surface area contributed by atoms with E-state index in [-0.39, 0.29) is 11.8 Å². The highest BCUT2D eigenvalue weighted by Gasteiger charge is 2.28. The molecule has 3 N–H and O–H groups in total. The molecule has 1 amide bonds. The van der Waals surface area contributed by atoms with Crippen LogP contribution in [0.4, 0.5) is 17.5 Å². The maximum Gasteiger partial charge on any atom is 0.229 e. The Morgan fingerprint density at radius 3 is 2.83 bits per heavy atom. The van der Waals surface area contributed by atoms with Crippen LogP contribution in [0.5, 0.6) is 0 Å². The predicted molar refractivity (Wildman–Crippen MR) is 120 cm³/mol. The molecule has 156 valence electrons. The Morgan fingerprint density at radius 2 is 2.03 bits per heavy atom. The number of benzene rings is 1. The number of hydrogen-bond donors (Lipinski definition) is 3. The third kappa shape index (κ3) is 4.38. The van der Waals surface area contributed by atoms with Gasteiger partial charge in [-0.15, -0.1) is 11.3 Å². The van der Waals surface area contributed by atoms with Crippen molar-refractivity contribution in [3.63, 3.8) is 0 Å². The molecule has 3 aromatic rings. The lowest BCUT2D eigenvalue weighted by molar-refractivity contribution is -0.127. The minimum absolute atomic E-state index is 0.214. The van der Waals surface area contributed by atoms with E-state index in [1.54, 1.807) is 11.3 Å². The molecule has 30 heavy (non-hydrogen) atoms. The average molecular weight is 423 g/mol. The number of amides is 1. The van der Waals surface area contributed by atoms with Gasteiger partial charge in [0.25, 0.3) is 0 Å². The van der Waals surface area contributed by atoms with E-state index in [0.717, 1.165) is 47.5 Å². The molecule has 0 atom stereocenters. The lowest BCUT2D eigenvalue weighted by atomic mass is 9.85. The first-order valence-electron chi connectivity index (χ1n) is 10.7. The van der Waals surface area contributed by atoms with E-state index in [0.29, 0.717) is 18.4 Å². The van der Waals surface area contributed by atoms with Crippen LogP contribution in [0.3, 0.4) is 0 Å². The summed E-state index contributed by atoms with van der Waals surface area (Å²) in [4.78, 5) is 25.5. The Bertz CT molecular complexity index is 1040. The first-order valence-corrected chi connectivity index (χ1v) is 11.6. The number of anilines is 3. The van der Waals surface area contributed by atoms with Crippen LogP contribution >= 0.6 is 11.3 Å². The first kappa shape index (κ1) is 19.2. The second kappa shape index (κ2) is 8.55. The predicted octanol–water partition coefficient (Wildman–Crippen LogP) is 4.43. The van der Waals surface area contributed by atoms with Gasteiger partial charge in [-0.25, -0.2) is 9.97 Å². The van der Waals surface area contributed by atoms with Crippen LogP contribution in [-0.2, 0) is 4.79 Å². The van der Waals surface area contributed by atoms with Crippen LogP contribution in [0, 0.1) is 5.92 Å². The van der Waals surface area contributed by atoms with E-state index in [4.69, 9.17) is 4.98 Å². The Kier molecular flexibility index (Phi) is 5.48. The van der Waals surface area contributed by atoms with Crippen molar-refractivity contribution < 1.29 is 4.79 Å². The van der Waals surface area contributed by atoms with Gasteiger partial charge in [-0.1, -0.05) is 6.42 Å². The quantitative estimate of drug-likeness (QED) is 0.442. The fraction of sp³-hybridized carbons (Fsp3) is 0.455. The molecule has 0 bridgehead atoms. The Balaban J connectivity index is 1.20. The maximum absolute atomic E-state index is 11.9. The summed E-state index contributed by atoms with van der Waals surface area (Å²) in [5.74, 6) is 2.52. The Labute approximate surface area is 179 Å². The monoisotopic (exact) mass is 422 g/mol. The summed E-state index contributed by atoms with van der Waals surface area (Å²) in [5, 5.41) is 9.83. The Morgan fingerprint density at radius 1 is 1.13 bits per heavy atom. The normalized spacial score (nSPS) is 16.3. The van der Waals surface area contributed by atoms with Crippen molar-refractivity contribution in [1.82, 2.24) is 20.3 Å². The standard InChI is InChI=1S/C22H26N6OS/c29-21(15-3-1-4-15)24-10-2-9-23-20-17(14-5-6-14)12-25-22(28-20)27-16-7-8-18-19(11-16)30-13-26-18/h7-8,11-15H,1-6,9-10H2,(H,24,29)(H2,23,25,27,28). The number of rotatable bonds is 9. The zero-order chi connectivity index (χ0) is 20.3. The molecule has 2 fully saturated rings. The molecule has 1 aromatic carbocycles. The number of nitrogens with one attached hydrogen (secondary N) is 3. The molecule has 2 aliphatic carbocycles. The van der Waals surface area contributed by atoms with Crippen LogP contribution < -0.4 is 16.0 Å². The highest BCUT2D eigenvalue weighted by Crippen LogP contribution is 2.42. The molecule has 0 radical (unpaired) electrons. The highest BCUT2D eigenvalue weighted by atomic mass is 32.1. The summed E-state index contributed by atoms with van der Waals surface area (Å²) >= 11 is 1.62. The molecule has 5 rings (SSSR count). The fourth-order valence-electron chi connectivity index (χ4n) is 3.67. The van der Waals surface area contributed by atoms with Gasteiger partial charge in [-0.3, -0.25) is 4.79 Å². The molecular weight excluding hydrogens is 396 g/mol. The van der Waals surface area contributed by atoms with Crippen molar-refractivity contribution in [1.29, 1.82) is 0 Å². The van der Waals surface area contributed by atoms with Gasteiger partial charge in [-0.2, -0.15) is 4.98 Å². The lowest BCUT2D eigenvalue weighted by Crippen LogP contribution is -2.35. The summed E-state index contributed by atoms with van der Waals surface area (Å²) in [6, 6.07) is 6.07. The molecule has 7 nitrogen and oxygen atoms in total. The SMILES string of the molecule is O=C(NCCCNc1nc(Nc2ccc3ncsc3c2)ncc1C1CC1)C1CCC1. The third-order valence-electron chi connectivity index (χ3n) is 5.84. The number of fused-ring (bicyclic) bond motifs is 1. The number of aromatic nitrogens is 3. The van der Waals surface area contributed by atoms with Gasteiger partial charge in [0, 0.05) is 36.5 Å². The topological polar surface area (TPSA) is 91.8 Å². The second-order valence-corrected chi connectivity index (χ2v) is 9.02. The van der Waals surface area contributed by atoms with Crippen LogP contribution in [0.1, 0.15) is 50.0 Å². The molecule has 0 aliphatic heterocycles. The summed E-state index contributed by atoms with van der Waals surface area (Å²) < 4.78 is 1.14. The smallest absolute Gasteiger partial charge is 0.229 e. The van der Waals surface area contributed by atoms with E-state index < -0.39 is 0 Å². The summed E-state index contributed by atoms with van der Waals surface area (Å²) in [7, 11) is 0. The van der Waals surface area contributed by atoms with Gasteiger partial charge in [0.2, 0.25) is 11.9 Å². The lowest BCUT2D eigenvalue weighted by Gasteiger charge is -2.24. The molecular formula is C22H26N6OS. The molecule has 8 heteroatoms. The zero-order valence-corrected chi connectivity index (χ0v) is 17.7. The average Bonchev–Trinajstić information content (AvgIpc) is 3.43. The van der Waals surface area contributed by atoms with Gasteiger partial charge in [0.05, 0.1) is 15.7 Å². The molecule has 2 saturated carbocycles. The first-order chi connectivity index (χ1) is 14.8. The molecule has 2 heterocycles. The van der Waals surface area contributed by atoms with Crippen molar-refractivity contribution in [3.05, 3.63) is 35.5 Å². The van der Waals surface area contributed by atoms with Gasteiger partial charge >= 0.3 is 0 Å². The number of thiazole rings is 1. The van der Waals surface area contributed by atoms with Crippen LogP contribution in [0.25, 0.3) is 10.2 Å². The van der Waals surface area contributed by atoms with E-state index in [1.807, 2.05) is 23.8 Å². The van der Waals surface area contributed by atoms with E-state index >= 15 is 0 Å². The molecule has 0 unspecified atom stereocenters. The summed E-state index contributed by atoms with van der Waals surface area (Å²) in [6.45, 7) is 1.47. The summed E-state index contributed by atoms with van der Waals surface area (Å²) in [5.41, 5.74) is 5.00. The van der Waals surface area contributed by atoms with Gasteiger partial charge in [-0.05, 0) is 56.2 Å². The van der Waals surface area contributed by atoms with E-state index in [9.17, 15) is 4.79 Å². The molecule has 2 aliphatic rings. The zero-order valence-electron chi connectivity index (χ0n) is 16.9. The van der Waals surface area contributed by atoms with Crippen molar-refractivity contribution >= 4 is 44.9 Å². The Hall–Kier alpha value is -2.74. The largest absolute Gasteiger partial charge is 0.370 e. The second-order valence-electron chi connectivity index (χ2n) is 8.13. The van der Waals surface area contributed by atoms with Crippen molar-refractivity contribution in [2.75, 3.05) is 23.7 Å². The van der Waals surface area contributed by atoms with Gasteiger partial charge in [0.15, 0.2) is 0 Å².